The van der Waals surface area contributed by atoms with Gasteiger partial charge in [0.1, 0.15) is 35.7 Å². The number of aliphatic hydroxyl groups is 1. The number of fused-ring (bicyclic) bond motifs is 2. The summed E-state index contributed by atoms with van der Waals surface area (Å²) in [4.78, 5) is 72.6. The van der Waals surface area contributed by atoms with E-state index in [2.05, 4.69) is 76.8 Å². The van der Waals surface area contributed by atoms with Crippen molar-refractivity contribution in [3.63, 3.8) is 0 Å². The van der Waals surface area contributed by atoms with Gasteiger partial charge in [-0.15, -0.1) is 10.2 Å². The summed E-state index contributed by atoms with van der Waals surface area (Å²) < 4.78 is 3.68. The second-order valence-corrected chi connectivity index (χ2v) is 22.4. The van der Waals surface area contributed by atoms with E-state index in [-0.39, 0.29) is 47.7 Å². The van der Waals surface area contributed by atoms with Crippen LogP contribution in [0.15, 0.2) is 97.3 Å². The second-order valence-electron chi connectivity index (χ2n) is 22.4. The van der Waals surface area contributed by atoms with E-state index in [4.69, 9.17) is 0 Å². The number of carbonyl (C=O) groups excluding carboxylic acids is 5. The maximum absolute atomic E-state index is 14.2. The van der Waals surface area contributed by atoms with E-state index < -0.39 is 48.5 Å². The molecule has 0 radical (unpaired) electrons. The first-order chi connectivity index (χ1) is 38.9. The number of aryl methyl sites for hydroxylation is 4. The average Bonchev–Trinajstić information content (AvgIpc) is 4.35. The summed E-state index contributed by atoms with van der Waals surface area (Å²) in [6.45, 7) is 4.96. The molecule has 80 heavy (non-hydrogen) atoms. The summed E-state index contributed by atoms with van der Waals surface area (Å²) in [5, 5.41) is 47.2. The molecule has 6 heterocycles. The van der Waals surface area contributed by atoms with Crippen LogP contribution in [0.4, 0.5) is 0 Å². The molecule has 2 aromatic heterocycles. The van der Waals surface area contributed by atoms with Crippen LogP contribution in [-0.4, -0.2) is 143 Å². The van der Waals surface area contributed by atoms with Gasteiger partial charge in [-0.3, -0.25) is 38.7 Å². The molecule has 4 aliphatic rings. The molecular formula is C60H82N14O6. The smallest absolute Gasteiger partial charge is 0.246 e. The molecule has 4 aliphatic heterocycles. The first kappa shape index (κ1) is 57.8. The molecule has 4 fully saturated rings. The summed E-state index contributed by atoms with van der Waals surface area (Å²) >= 11 is 0. The second kappa shape index (κ2) is 27.5. The predicted molar refractivity (Wildman–Crippen MR) is 302 cm³/mol. The SMILES string of the molecule is CN[C@@H](C)C(=O)NC1CCCC2CC[C@@H](C(=O)N[C@@H](c3ccccc3)c3cn(CCCCc4ccc(CCCCn5cc([C@@H](NC(=O)C6CCC7CCCC(NC(O)[C@H](C)NC)C(=O)N76)c6ccccc6)nn5)cc4)nn3)N2C1=O. The van der Waals surface area contributed by atoms with Crippen LogP contribution in [-0.2, 0) is 49.9 Å². The maximum Gasteiger partial charge on any atom is 0.246 e. The number of nitrogens with one attached hydrogen (secondary N) is 6. The van der Waals surface area contributed by atoms with Crippen molar-refractivity contribution >= 4 is 29.5 Å². The fourth-order valence-corrected chi connectivity index (χ4v) is 12.1. The fraction of sp³-hybridized carbons (Fsp3) is 0.550. The van der Waals surface area contributed by atoms with Gasteiger partial charge in [0.2, 0.25) is 29.5 Å². The highest BCUT2D eigenvalue weighted by Crippen LogP contribution is 2.35. The Bertz CT molecular complexity index is 2830. The number of hydrogen-bond donors (Lipinski definition) is 7. The molecule has 0 bridgehead atoms. The van der Waals surface area contributed by atoms with Crippen LogP contribution >= 0.6 is 0 Å². The van der Waals surface area contributed by atoms with Gasteiger partial charge < -0.3 is 41.5 Å². The molecule has 5 amide bonds. The summed E-state index contributed by atoms with van der Waals surface area (Å²) in [6.07, 6.45) is 15.5. The number of amides is 5. The minimum atomic E-state index is -0.900. The van der Waals surface area contributed by atoms with Crippen molar-refractivity contribution in [3.8, 4) is 0 Å². The molecule has 7 N–H and O–H groups in total. The number of aliphatic hydroxyl groups excluding tert-OH is 1. The molecule has 3 aromatic carbocycles. The van der Waals surface area contributed by atoms with E-state index >= 15 is 0 Å². The molecule has 0 saturated carbocycles. The Morgan fingerprint density at radius 3 is 1.51 bits per heavy atom. The number of benzene rings is 3. The average molecular weight is 1100 g/mol. The highest BCUT2D eigenvalue weighted by Gasteiger charge is 2.47. The van der Waals surface area contributed by atoms with Crippen molar-refractivity contribution in [2.45, 2.75) is 196 Å². The molecule has 11 atom stereocenters. The third kappa shape index (κ3) is 14.2. The summed E-state index contributed by atoms with van der Waals surface area (Å²) in [5.74, 6) is -1.02. The van der Waals surface area contributed by atoms with Crippen molar-refractivity contribution in [2.75, 3.05) is 14.1 Å². The zero-order valence-electron chi connectivity index (χ0n) is 46.9. The van der Waals surface area contributed by atoms with Crippen LogP contribution in [0.25, 0.3) is 0 Å². The minimum Gasteiger partial charge on any atom is -0.377 e. The van der Waals surface area contributed by atoms with Gasteiger partial charge in [-0.05, 0) is 153 Å². The number of carbonyl (C=O) groups is 5. The minimum absolute atomic E-state index is 0.0118. The van der Waals surface area contributed by atoms with Gasteiger partial charge in [0.15, 0.2) is 0 Å². The molecule has 9 rings (SSSR count). The van der Waals surface area contributed by atoms with Crippen LogP contribution in [0.5, 0.6) is 0 Å². The fourth-order valence-electron chi connectivity index (χ4n) is 12.1. The zero-order chi connectivity index (χ0) is 56.1. The van der Waals surface area contributed by atoms with E-state index in [1.165, 1.54) is 11.1 Å². The summed E-state index contributed by atoms with van der Waals surface area (Å²) in [6, 6.07) is 24.0. The predicted octanol–water partition coefficient (Wildman–Crippen LogP) is 4.39. The summed E-state index contributed by atoms with van der Waals surface area (Å²) in [5.41, 5.74) is 5.55. The Hall–Kier alpha value is -6.87. The first-order valence-electron chi connectivity index (χ1n) is 29.2. The first-order valence-corrected chi connectivity index (χ1v) is 29.2. The number of rotatable bonds is 25. The monoisotopic (exact) mass is 1090 g/mol. The van der Waals surface area contributed by atoms with E-state index in [0.29, 0.717) is 50.2 Å². The Kier molecular flexibility index (Phi) is 19.9. The third-order valence-corrected chi connectivity index (χ3v) is 17.0. The van der Waals surface area contributed by atoms with Gasteiger partial charge >= 0.3 is 0 Å². The Morgan fingerprint density at radius 1 is 0.588 bits per heavy atom. The van der Waals surface area contributed by atoms with Crippen LogP contribution < -0.4 is 31.9 Å². The lowest BCUT2D eigenvalue weighted by molar-refractivity contribution is -0.143. The number of aromatic nitrogens is 6. The largest absolute Gasteiger partial charge is 0.377 e. The van der Waals surface area contributed by atoms with Gasteiger partial charge in [-0.25, -0.2) is 0 Å². The lowest BCUT2D eigenvalue weighted by Gasteiger charge is -2.32. The van der Waals surface area contributed by atoms with Gasteiger partial charge in [0.05, 0.1) is 36.6 Å². The topological polar surface area (TPSA) is 246 Å². The van der Waals surface area contributed by atoms with Crippen molar-refractivity contribution in [1.82, 2.24) is 71.7 Å². The molecule has 20 nitrogen and oxygen atoms in total. The molecule has 0 spiro atoms. The van der Waals surface area contributed by atoms with Crippen LogP contribution in [0.3, 0.4) is 0 Å². The number of likely N-dealkylation sites (N-methyl/N-ethyl adjacent to an activating group) is 2. The maximum atomic E-state index is 14.2. The van der Waals surface area contributed by atoms with Crippen molar-refractivity contribution in [3.05, 3.63) is 131 Å². The van der Waals surface area contributed by atoms with Gasteiger partial charge in [0.25, 0.3) is 0 Å². The van der Waals surface area contributed by atoms with E-state index in [0.717, 1.165) is 88.2 Å². The van der Waals surface area contributed by atoms with E-state index in [1.807, 2.05) is 89.3 Å². The quantitative estimate of drug-likeness (QED) is 0.0317. The summed E-state index contributed by atoms with van der Waals surface area (Å²) in [7, 11) is 3.48. The normalized spacial score (nSPS) is 23.0. The lowest BCUT2D eigenvalue weighted by Crippen LogP contribution is -2.57. The molecule has 4 saturated heterocycles. The standard InChI is InChI=1S/C60H82N14O6/c1-39(61-3)55(75)63-47-25-15-23-45-31-33-51(73(45)59(47)79)57(77)65-53(43-19-7-5-8-20-43)49-37-71(69-67-49)35-13-11-17-41-27-29-42(30-28-41)18-12-14-36-72-38-50(68-70-72)54(44-21-9-6-10-22-44)66-58(78)52-34-32-46-24-16-26-48(60(80)74(46)52)64-56(76)40(2)62-4/h5-10,19-22,27-30,37-40,45-48,51-55,61-63,75H,11-18,23-26,31-36H2,1-4H3,(H,64,76)(H,65,77)(H,66,78)/t39-,40-,45?,46?,47?,48?,51?,52-,53-,54-,55?/m0/s1. The molecule has 428 valence electrons. The Labute approximate surface area is 470 Å². The molecule has 6 unspecified atom stereocenters. The van der Waals surface area contributed by atoms with Crippen molar-refractivity contribution < 1.29 is 29.1 Å². The molecular weight excluding hydrogens is 1010 g/mol. The molecule has 5 aromatic rings. The van der Waals surface area contributed by atoms with E-state index in [9.17, 15) is 29.1 Å². The van der Waals surface area contributed by atoms with Gasteiger partial charge in [-0.2, -0.15) is 0 Å². The highest BCUT2D eigenvalue weighted by molar-refractivity contribution is 5.94. The molecule has 0 aliphatic carbocycles. The van der Waals surface area contributed by atoms with E-state index in [1.54, 1.807) is 30.8 Å². The van der Waals surface area contributed by atoms with Crippen LogP contribution in [0, 0.1) is 0 Å². The van der Waals surface area contributed by atoms with Gasteiger partial charge in [0, 0.05) is 31.2 Å². The van der Waals surface area contributed by atoms with Crippen LogP contribution in [0.2, 0.25) is 0 Å². The van der Waals surface area contributed by atoms with Crippen LogP contribution in [0.1, 0.15) is 149 Å². The lowest BCUT2D eigenvalue weighted by atomic mass is 10.0. The Balaban J connectivity index is 0.728. The van der Waals surface area contributed by atoms with Gasteiger partial charge in [-0.1, -0.05) is 95.4 Å². The van der Waals surface area contributed by atoms with Crippen molar-refractivity contribution in [2.24, 2.45) is 0 Å². The number of nitrogens with zero attached hydrogens (tertiary/aromatic N) is 8. The Morgan fingerprint density at radius 2 is 1.05 bits per heavy atom. The number of hydrogen-bond acceptors (Lipinski definition) is 13. The molecule has 20 heteroatoms. The highest BCUT2D eigenvalue weighted by atomic mass is 16.3. The number of unbranched alkanes of at least 4 members (excludes halogenated alkanes) is 2. The van der Waals surface area contributed by atoms with Crippen molar-refractivity contribution in [1.29, 1.82) is 0 Å². The zero-order valence-corrected chi connectivity index (χ0v) is 46.9. The third-order valence-electron chi connectivity index (χ3n) is 17.0.